The van der Waals surface area contributed by atoms with Gasteiger partial charge in [-0.1, -0.05) is 20.8 Å². The van der Waals surface area contributed by atoms with Crippen LogP contribution in [-0.2, 0) is 6.42 Å². The van der Waals surface area contributed by atoms with Crippen LogP contribution in [0.3, 0.4) is 0 Å². The maximum atomic E-state index is 4.61. The maximum absolute atomic E-state index is 4.61. The first-order valence-electron chi connectivity index (χ1n) is 5.05. The van der Waals surface area contributed by atoms with E-state index < -0.39 is 0 Å². The highest BCUT2D eigenvalue weighted by Crippen LogP contribution is 2.15. The number of aryl methyl sites for hydroxylation is 1. The number of hydrogen-bond acceptors (Lipinski definition) is 2. The summed E-state index contributed by atoms with van der Waals surface area (Å²) in [7, 11) is 0. The second-order valence-corrected chi connectivity index (χ2v) is 3.77. The maximum Gasteiger partial charge on any atom is 0.139 e. The van der Waals surface area contributed by atoms with Crippen LogP contribution in [0.1, 0.15) is 38.2 Å². The van der Waals surface area contributed by atoms with Crippen LogP contribution < -0.4 is 0 Å². The fourth-order valence-corrected chi connectivity index (χ4v) is 1.59. The first-order valence-corrected chi connectivity index (χ1v) is 5.05. The predicted octanol–water partition coefficient (Wildman–Crippen LogP) is 2.42. The van der Waals surface area contributed by atoms with Gasteiger partial charge in [-0.15, -0.1) is 0 Å². The van der Waals surface area contributed by atoms with Crippen molar-refractivity contribution in [2.24, 2.45) is 0 Å². The Morgan fingerprint density at radius 1 is 1.43 bits per heavy atom. The van der Waals surface area contributed by atoms with E-state index in [0.29, 0.717) is 5.92 Å². The van der Waals surface area contributed by atoms with Crippen LogP contribution >= 0.6 is 0 Å². The molecule has 0 aromatic carbocycles. The fourth-order valence-electron chi connectivity index (χ4n) is 1.59. The molecule has 3 nitrogen and oxygen atoms in total. The zero-order valence-electron chi connectivity index (χ0n) is 8.86. The molecule has 3 heteroatoms. The third kappa shape index (κ3) is 1.39. The summed E-state index contributed by atoms with van der Waals surface area (Å²) < 4.78 is 2.06. The second kappa shape index (κ2) is 3.40. The van der Waals surface area contributed by atoms with Gasteiger partial charge in [0.05, 0.1) is 0 Å². The molecule has 0 aliphatic heterocycles. The van der Waals surface area contributed by atoms with Gasteiger partial charge in [-0.25, -0.2) is 9.97 Å². The van der Waals surface area contributed by atoms with E-state index in [1.807, 2.05) is 18.5 Å². The molecule has 0 aliphatic carbocycles. The van der Waals surface area contributed by atoms with E-state index in [2.05, 4.69) is 35.1 Å². The molecule has 0 radical (unpaired) electrons. The largest absolute Gasteiger partial charge is 0.288 e. The highest BCUT2D eigenvalue weighted by atomic mass is 15.1. The molecule has 0 atom stereocenters. The van der Waals surface area contributed by atoms with E-state index in [4.69, 9.17) is 0 Å². The Labute approximate surface area is 83.8 Å². The second-order valence-electron chi connectivity index (χ2n) is 3.77. The smallest absolute Gasteiger partial charge is 0.139 e. The van der Waals surface area contributed by atoms with Gasteiger partial charge in [-0.05, 0) is 6.42 Å². The van der Waals surface area contributed by atoms with Crippen LogP contribution in [0.4, 0.5) is 0 Å². The zero-order chi connectivity index (χ0) is 10.1. The lowest BCUT2D eigenvalue weighted by atomic mass is 10.2. The van der Waals surface area contributed by atoms with E-state index >= 15 is 0 Å². The van der Waals surface area contributed by atoms with Gasteiger partial charge in [0.25, 0.3) is 0 Å². The van der Waals surface area contributed by atoms with Crippen LogP contribution in [0.15, 0.2) is 18.5 Å². The Balaban J connectivity index is 2.70. The molecule has 14 heavy (non-hydrogen) atoms. The molecule has 2 aromatic heterocycles. The topological polar surface area (TPSA) is 30.2 Å². The van der Waals surface area contributed by atoms with Crippen molar-refractivity contribution in [1.29, 1.82) is 0 Å². The van der Waals surface area contributed by atoms with Crippen molar-refractivity contribution in [2.75, 3.05) is 0 Å². The standard InChI is InChI=1S/C11H15N3/c1-4-9-7-10-12-5-6-14(10)11(13-9)8(2)3/h5-8H,4H2,1-3H3. The van der Waals surface area contributed by atoms with Crippen molar-refractivity contribution in [3.05, 3.63) is 30.0 Å². The number of aromatic nitrogens is 3. The lowest BCUT2D eigenvalue weighted by Gasteiger charge is -2.09. The minimum Gasteiger partial charge on any atom is -0.288 e. The summed E-state index contributed by atoms with van der Waals surface area (Å²) in [5.74, 6) is 1.52. The molecule has 0 aliphatic rings. The molecule has 2 heterocycles. The normalized spacial score (nSPS) is 11.4. The molecule has 0 saturated carbocycles. The molecule has 0 amide bonds. The number of rotatable bonds is 2. The molecule has 0 unspecified atom stereocenters. The monoisotopic (exact) mass is 189 g/mol. The van der Waals surface area contributed by atoms with Gasteiger partial charge in [0.15, 0.2) is 0 Å². The highest BCUT2D eigenvalue weighted by molar-refractivity contribution is 5.40. The molecule has 2 rings (SSSR count). The molecule has 0 spiro atoms. The average Bonchev–Trinajstić information content (AvgIpc) is 2.63. The summed E-state index contributed by atoms with van der Waals surface area (Å²) in [6.45, 7) is 6.42. The first-order chi connectivity index (χ1) is 6.72. The van der Waals surface area contributed by atoms with Gasteiger partial charge in [0, 0.05) is 30.1 Å². The molecule has 0 saturated heterocycles. The molecular weight excluding hydrogens is 174 g/mol. The Bertz CT molecular complexity index is 443. The third-order valence-corrected chi connectivity index (χ3v) is 2.35. The van der Waals surface area contributed by atoms with E-state index in [0.717, 1.165) is 23.6 Å². The van der Waals surface area contributed by atoms with Crippen LogP contribution in [0.2, 0.25) is 0 Å². The highest BCUT2D eigenvalue weighted by Gasteiger charge is 2.08. The Kier molecular flexibility index (Phi) is 2.23. The van der Waals surface area contributed by atoms with E-state index in [1.54, 1.807) is 0 Å². The lowest BCUT2D eigenvalue weighted by molar-refractivity contribution is 0.739. The fraction of sp³-hybridized carbons (Fsp3) is 0.455. The molecule has 0 N–H and O–H groups in total. The van der Waals surface area contributed by atoms with Gasteiger partial charge in [-0.2, -0.15) is 0 Å². The predicted molar refractivity (Wildman–Crippen MR) is 56.5 cm³/mol. The minimum atomic E-state index is 0.429. The van der Waals surface area contributed by atoms with E-state index in [-0.39, 0.29) is 0 Å². The summed E-state index contributed by atoms with van der Waals surface area (Å²) in [5, 5.41) is 0. The number of nitrogens with zero attached hydrogens (tertiary/aromatic N) is 3. The van der Waals surface area contributed by atoms with Gasteiger partial charge >= 0.3 is 0 Å². The Hall–Kier alpha value is -1.38. The van der Waals surface area contributed by atoms with Crippen molar-refractivity contribution in [2.45, 2.75) is 33.1 Å². The molecular formula is C11H15N3. The summed E-state index contributed by atoms with van der Waals surface area (Å²) >= 11 is 0. The molecule has 0 bridgehead atoms. The summed E-state index contributed by atoms with van der Waals surface area (Å²) in [6, 6.07) is 2.05. The van der Waals surface area contributed by atoms with Gasteiger partial charge < -0.3 is 0 Å². The van der Waals surface area contributed by atoms with Crippen LogP contribution in [-0.4, -0.2) is 14.4 Å². The van der Waals surface area contributed by atoms with E-state index in [9.17, 15) is 0 Å². The van der Waals surface area contributed by atoms with Crippen molar-refractivity contribution < 1.29 is 0 Å². The van der Waals surface area contributed by atoms with Crippen molar-refractivity contribution >= 4 is 5.65 Å². The van der Waals surface area contributed by atoms with Crippen molar-refractivity contribution in [3.8, 4) is 0 Å². The summed E-state index contributed by atoms with van der Waals surface area (Å²) in [6.07, 6.45) is 4.75. The average molecular weight is 189 g/mol. The number of fused-ring (bicyclic) bond motifs is 1. The van der Waals surface area contributed by atoms with E-state index in [1.165, 1.54) is 0 Å². The zero-order valence-corrected chi connectivity index (χ0v) is 8.86. The lowest BCUT2D eigenvalue weighted by Crippen LogP contribution is -2.04. The van der Waals surface area contributed by atoms with Gasteiger partial charge in [-0.3, -0.25) is 4.40 Å². The summed E-state index contributed by atoms with van der Waals surface area (Å²) in [4.78, 5) is 8.91. The van der Waals surface area contributed by atoms with Crippen LogP contribution in [0.5, 0.6) is 0 Å². The Morgan fingerprint density at radius 3 is 2.86 bits per heavy atom. The molecule has 0 fully saturated rings. The first kappa shape index (κ1) is 9.19. The third-order valence-electron chi connectivity index (χ3n) is 2.35. The van der Waals surface area contributed by atoms with Crippen molar-refractivity contribution in [3.63, 3.8) is 0 Å². The Morgan fingerprint density at radius 2 is 2.21 bits per heavy atom. The SMILES string of the molecule is CCc1cc2nccn2c(C(C)C)n1. The van der Waals surface area contributed by atoms with Gasteiger partial charge in [0.2, 0.25) is 0 Å². The molecule has 2 aromatic rings. The number of imidazole rings is 1. The van der Waals surface area contributed by atoms with Crippen molar-refractivity contribution in [1.82, 2.24) is 14.4 Å². The number of hydrogen-bond donors (Lipinski definition) is 0. The van der Waals surface area contributed by atoms with Crippen LogP contribution in [0.25, 0.3) is 5.65 Å². The van der Waals surface area contributed by atoms with Gasteiger partial charge in [0.1, 0.15) is 11.5 Å². The summed E-state index contributed by atoms with van der Waals surface area (Å²) in [5.41, 5.74) is 2.12. The minimum absolute atomic E-state index is 0.429. The molecule has 74 valence electrons. The quantitative estimate of drug-likeness (QED) is 0.726. The van der Waals surface area contributed by atoms with Crippen LogP contribution in [0, 0.1) is 0 Å².